The highest BCUT2D eigenvalue weighted by molar-refractivity contribution is 7.98. The van der Waals surface area contributed by atoms with Crippen LogP contribution >= 0.6 is 11.8 Å². The lowest BCUT2D eigenvalue weighted by molar-refractivity contribution is 1.17. The zero-order valence-corrected chi connectivity index (χ0v) is 10.6. The van der Waals surface area contributed by atoms with E-state index in [4.69, 9.17) is 0 Å². The molecule has 0 amide bonds. The van der Waals surface area contributed by atoms with Crippen molar-refractivity contribution < 1.29 is 0 Å². The van der Waals surface area contributed by atoms with Crippen molar-refractivity contribution in [2.45, 2.75) is 18.2 Å². The summed E-state index contributed by atoms with van der Waals surface area (Å²) in [6.45, 7) is 2.12. The standard InChI is InChI=1S/C15H16S/c1-12-3-5-13(6-4-12)11-14-7-9-15(16-2)10-8-14/h3-10H,11H2,1-2H3. The Hall–Kier alpha value is -1.21. The molecule has 82 valence electrons. The lowest BCUT2D eigenvalue weighted by Gasteiger charge is -2.03. The SMILES string of the molecule is CSc1ccc(Cc2ccc(C)cc2)cc1. The molecule has 0 spiro atoms. The Morgan fingerprint density at radius 3 is 1.81 bits per heavy atom. The van der Waals surface area contributed by atoms with Crippen LogP contribution in [0.5, 0.6) is 0 Å². The minimum Gasteiger partial charge on any atom is -0.130 e. The highest BCUT2D eigenvalue weighted by Gasteiger charge is 1.96. The van der Waals surface area contributed by atoms with Crippen molar-refractivity contribution in [3.8, 4) is 0 Å². The first-order valence-corrected chi connectivity index (χ1v) is 6.69. The molecule has 0 N–H and O–H groups in total. The molecule has 0 heterocycles. The molecule has 16 heavy (non-hydrogen) atoms. The second kappa shape index (κ2) is 5.22. The molecular formula is C15H16S. The molecule has 0 aliphatic carbocycles. The maximum absolute atomic E-state index is 2.21. The molecule has 0 nitrogen and oxygen atoms in total. The molecule has 0 aromatic heterocycles. The minimum absolute atomic E-state index is 1.02. The van der Waals surface area contributed by atoms with Crippen LogP contribution in [-0.4, -0.2) is 6.26 Å². The predicted octanol–water partition coefficient (Wildman–Crippen LogP) is 4.31. The van der Waals surface area contributed by atoms with Crippen molar-refractivity contribution in [3.63, 3.8) is 0 Å². The van der Waals surface area contributed by atoms with E-state index in [-0.39, 0.29) is 0 Å². The van der Waals surface area contributed by atoms with Gasteiger partial charge >= 0.3 is 0 Å². The summed E-state index contributed by atoms with van der Waals surface area (Å²) in [5.74, 6) is 0. The van der Waals surface area contributed by atoms with E-state index in [0.717, 1.165) is 6.42 Å². The van der Waals surface area contributed by atoms with Gasteiger partial charge in [-0.05, 0) is 42.9 Å². The number of thioether (sulfide) groups is 1. The molecule has 0 atom stereocenters. The Balaban J connectivity index is 2.11. The summed E-state index contributed by atoms with van der Waals surface area (Å²) in [6.07, 6.45) is 3.13. The first kappa shape index (κ1) is 11.3. The van der Waals surface area contributed by atoms with Crippen molar-refractivity contribution >= 4 is 11.8 Å². The summed E-state index contributed by atoms with van der Waals surface area (Å²) in [5.41, 5.74) is 4.07. The van der Waals surface area contributed by atoms with Gasteiger partial charge in [-0.15, -0.1) is 11.8 Å². The Kier molecular flexibility index (Phi) is 3.68. The number of aryl methyl sites for hydroxylation is 1. The third-order valence-electron chi connectivity index (χ3n) is 2.69. The summed E-state index contributed by atoms with van der Waals surface area (Å²) < 4.78 is 0. The van der Waals surface area contributed by atoms with Crippen molar-refractivity contribution in [1.82, 2.24) is 0 Å². The molecule has 0 aliphatic rings. The van der Waals surface area contributed by atoms with E-state index >= 15 is 0 Å². The third kappa shape index (κ3) is 2.89. The van der Waals surface area contributed by atoms with Gasteiger partial charge in [-0.3, -0.25) is 0 Å². The second-order valence-corrected chi connectivity index (χ2v) is 4.89. The first-order valence-electron chi connectivity index (χ1n) is 5.46. The Labute approximate surface area is 102 Å². The van der Waals surface area contributed by atoms with Crippen LogP contribution in [0.25, 0.3) is 0 Å². The summed E-state index contributed by atoms with van der Waals surface area (Å²) >= 11 is 1.79. The molecule has 2 aromatic carbocycles. The van der Waals surface area contributed by atoms with E-state index in [0.29, 0.717) is 0 Å². The van der Waals surface area contributed by atoms with Crippen LogP contribution in [0, 0.1) is 6.92 Å². The molecule has 0 aliphatic heterocycles. The quantitative estimate of drug-likeness (QED) is 0.705. The number of rotatable bonds is 3. The fourth-order valence-corrected chi connectivity index (χ4v) is 2.09. The molecule has 0 saturated carbocycles. The van der Waals surface area contributed by atoms with Gasteiger partial charge in [0, 0.05) is 4.90 Å². The van der Waals surface area contributed by atoms with Crippen molar-refractivity contribution in [3.05, 3.63) is 65.2 Å². The van der Waals surface area contributed by atoms with Crippen LogP contribution in [0.2, 0.25) is 0 Å². The molecule has 0 bridgehead atoms. The molecule has 0 radical (unpaired) electrons. The minimum atomic E-state index is 1.02. The number of hydrogen-bond donors (Lipinski definition) is 0. The van der Waals surface area contributed by atoms with Gasteiger partial charge in [-0.1, -0.05) is 42.0 Å². The van der Waals surface area contributed by atoms with Gasteiger partial charge < -0.3 is 0 Å². The summed E-state index contributed by atoms with van der Waals surface area (Å²) in [5, 5.41) is 0. The maximum Gasteiger partial charge on any atom is 0.00693 e. The smallest absolute Gasteiger partial charge is 0.00693 e. The average Bonchev–Trinajstić information content (AvgIpc) is 2.33. The van der Waals surface area contributed by atoms with E-state index in [1.54, 1.807) is 11.8 Å². The van der Waals surface area contributed by atoms with E-state index in [1.165, 1.54) is 21.6 Å². The van der Waals surface area contributed by atoms with Gasteiger partial charge in [-0.2, -0.15) is 0 Å². The monoisotopic (exact) mass is 228 g/mol. The third-order valence-corrected chi connectivity index (χ3v) is 3.43. The second-order valence-electron chi connectivity index (χ2n) is 4.01. The van der Waals surface area contributed by atoms with Crippen LogP contribution in [0.4, 0.5) is 0 Å². The lowest BCUT2D eigenvalue weighted by Crippen LogP contribution is -1.87. The van der Waals surface area contributed by atoms with Gasteiger partial charge in [0.2, 0.25) is 0 Å². The van der Waals surface area contributed by atoms with Crippen molar-refractivity contribution in [2.24, 2.45) is 0 Å². The Bertz CT molecular complexity index is 440. The van der Waals surface area contributed by atoms with E-state index in [2.05, 4.69) is 61.7 Å². The molecule has 0 saturated heterocycles. The molecule has 2 aromatic rings. The largest absolute Gasteiger partial charge is 0.130 e. The fraction of sp³-hybridized carbons (Fsp3) is 0.200. The normalized spacial score (nSPS) is 10.4. The van der Waals surface area contributed by atoms with Gasteiger partial charge in [-0.25, -0.2) is 0 Å². The molecule has 0 fully saturated rings. The Morgan fingerprint density at radius 1 is 0.812 bits per heavy atom. The van der Waals surface area contributed by atoms with Crippen LogP contribution in [-0.2, 0) is 6.42 Å². The maximum atomic E-state index is 2.21. The first-order chi connectivity index (χ1) is 7.78. The van der Waals surface area contributed by atoms with Crippen LogP contribution < -0.4 is 0 Å². The zero-order chi connectivity index (χ0) is 11.4. The molecule has 2 rings (SSSR count). The highest BCUT2D eigenvalue weighted by atomic mass is 32.2. The number of benzene rings is 2. The average molecular weight is 228 g/mol. The molecule has 0 unspecified atom stereocenters. The van der Waals surface area contributed by atoms with Gasteiger partial charge in [0.1, 0.15) is 0 Å². The zero-order valence-electron chi connectivity index (χ0n) is 9.73. The Morgan fingerprint density at radius 2 is 1.31 bits per heavy atom. The molecular weight excluding hydrogens is 212 g/mol. The molecule has 1 heteroatoms. The van der Waals surface area contributed by atoms with E-state index < -0.39 is 0 Å². The van der Waals surface area contributed by atoms with E-state index in [1.807, 2.05) is 0 Å². The van der Waals surface area contributed by atoms with Crippen molar-refractivity contribution in [2.75, 3.05) is 6.26 Å². The van der Waals surface area contributed by atoms with Gasteiger partial charge in [0.05, 0.1) is 0 Å². The number of hydrogen-bond acceptors (Lipinski definition) is 1. The summed E-state index contributed by atoms with van der Waals surface area (Å²) in [7, 11) is 0. The van der Waals surface area contributed by atoms with Crippen LogP contribution in [0.15, 0.2) is 53.4 Å². The lowest BCUT2D eigenvalue weighted by atomic mass is 10.0. The fourth-order valence-electron chi connectivity index (χ4n) is 1.69. The van der Waals surface area contributed by atoms with Gasteiger partial charge in [0.25, 0.3) is 0 Å². The van der Waals surface area contributed by atoms with Crippen LogP contribution in [0.3, 0.4) is 0 Å². The van der Waals surface area contributed by atoms with E-state index in [9.17, 15) is 0 Å². The topological polar surface area (TPSA) is 0 Å². The van der Waals surface area contributed by atoms with Crippen molar-refractivity contribution in [1.29, 1.82) is 0 Å². The summed E-state index contributed by atoms with van der Waals surface area (Å²) in [4.78, 5) is 1.33. The predicted molar refractivity (Wildman–Crippen MR) is 72.2 cm³/mol. The van der Waals surface area contributed by atoms with Crippen LogP contribution in [0.1, 0.15) is 16.7 Å². The highest BCUT2D eigenvalue weighted by Crippen LogP contribution is 2.17. The summed E-state index contributed by atoms with van der Waals surface area (Å²) in [6, 6.07) is 17.6. The van der Waals surface area contributed by atoms with Gasteiger partial charge in [0.15, 0.2) is 0 Å².